The highest BCUT2D eigenvalue weighted by molar-refractivity contribution is 7.12. The number of nitrogens with one attached hydrogen (secondary N) is 1. The van der Waals surface area contributed by atoms with Crippen molar-refractivity contribution in [3.8, 4) is 0 Å². The molecule has 4 heteroatoms. The minimum Gasteiger partial charge on any atom is -0.398 e. The maximum atomic E-state index is 12.0. The largest absolute Gasteiger partial charge is 0.398 e. The minimum absolute atomic E-state index is 0.0776. The van der Waals surface area contributed by atoms with E-state index in [1.54, 1.807) is 0 Å². The molecule has 0 atom stereocenters. The molecule has 0 saturated heterocycles. The van der Waals surface area contributed by atoms with Gasteiger partial charge in [-0.25, -0.2) is 0 Å². The van der Waals surface area contributed by atoms with Crippen molar-refractivity contribution < 1.29 is 4.79 Å². The summed E-state index contributed by atoms with van der Waals surface area (Å²) in [6, 6.07) is 7.44. The number of carbonyl (C=O) groups is 1. The molecule has 17 heavy (non-hydrogen) atoms. The number of carbonyl (C=O) groups excluding carboxylic acids is 1. The Kier molecular flexibility index (Phi) is 3.15. The van der Waals surface area contributed by atoms with E-state index in [1.807, 2.05) is 43.5 Å². The van der Waals surface area contributed by atoms with Crippen molar-refractivity contribution in [2.45, 2.75) is 13.8 Å². The van der Waals surface area contributed by atoms with Gasteiger partial charge in [-0.15, -0.1) is 11.3 Å². The van der Waals surface area contributed by atoms with Crippen LogP contribution in [0, 0.1) is 13.8 Å². The van der Waals surface area contributed by atoms with Gasteiger partial charge in [0.1, 0.15) is 0 Å². The van der Waals surface area contributed by atoms with E-state index in [-0.39, 0.29) is 5.91 Å². The van der Waals surface area contributed by atoms with Gasteiger partial charge in [0, 0.05) is 11.4 Å². The fourth-order valence-corrected chi connectivity index (χ4v) is 2.39. The average Bonchev–Trinajstić information content (AvgIpc) is 2.71. The van der Waals surface area contributed by atoms with Gasteiger partial charge in [-0.3, -0.25) is 4.79 Å². The fraction of sp³-hybridized carbons (Fsp3) is 0.154. The molecule has 0 bridgehead atoms. The second-order valence-corrected chi connectivity index (χ2v) is 4.82. The van der Waals surface area contributed by atoms with Crippen molar-refractivity contribution in [2.75, 3.05) is 11.1 Å². The smallest absolute Gasteiger partial charge is 0.266 e. The Bertz CT molecular complexity index is 560. The third-order valence-electron chi connectivity index (χ3n) is 2.69. The zero-order chi connectivity index (χ0) is 12.4. The second-order valence-electron chi connectivity index (χ2n) is 3.91. The summed E-state index contributed by atoms with van der Waals surface area (Å²) >= 11 is 1.44. The highest BCUT2D eigenvalue weighted by atomic mass is 32.1. The SMILES string of the molecule is Cc1ccsc1C(=O)Nc1cccc(N)c1C. The lowest BCUT2D eigenvalue weighted by atomic mass is 10.1. The maximum absolute atomic E-state index is 12.0. The molecule has 0 aliphatic rings. The molecule has 0 saturated carbocycles. The first-order valence-electron chi connectivity index (χ1n) is 5.30. The minimum atomic E-state index is -0.0776. The molecule has 1 aromatic carbocycles. The maximum Gasteiger partial charge on any atom is 0.266 e. The van der Waals surface area contributed by atoms with Crippen molar-refractivity contribution in [1.29, 1.82) is 0 Å². The van der Waals surface area contributed by atoms with Crippen molar-refractivity contribution >= 4 is 28.6 Å². The van der Waals surface area contributed by atoms with Crippen molar-refractivity contribution in [3.63, 3.8) is 0 Å². The van der Waals surface area contributed by atoms with Crippen LogP contribution in [0.25, 0.3) is 0 Å². The second kappa shape index (κ2) is 4.59. The molecule has 0 unspecified atom stereocenters. The van der Waals surface area contributed by atoms with E-state index in [4.69, 9.17) is 5.73 Å². The first-order chi connectivity index (χ1) is 8.09. The van der Waals surface area contributed by atoms with E-state index in [9.17, 15) is 4.79 Å². The van der Waals surface area contributed by atoms with Crippen LogP contribution in [-0.4, -0.2) is 5.91 Å². The zero-order valence-corrected chi connectivity index (χ0v) is 10.6. The zero-order valence-electron chi connectivity index (χ0n) is 9.78. The molecule has 3 nitrogen and oxygen atoms in total. The third-order valence-corrected chi connectivity index (χ3v) is 3.71. The Morgan fingerprint density at radius 2 is 2.06 bits per heavy atom. The number of nitrogens with two attached hydrogens (primary N) is 1. The Morgan fingerprint density at radius 1 is 1.29 bits per heavy atom. The normalized spacial score (nSPS) is 10.2. The molecule has 1 aromatic heterocycles. The van der Waals surface area contributed by atoms with Crippen molar-refractivity contribution in [3.05, 3.63) is 45.6 Å². The molecule has 1 heterocycles. The molecule has 88 valence electrons. The van der Waals surface area contributed by atoms with Crippen molar-refractivity contribution in [1.82, 2.24) is 0 Å². The Labute approximate surface area is 104 Å². The number of hydrogen-bond donors (Lipinski definition) is 2. The summed E-state index contributed by atoms with van der Waals surface area (Å²) in [5.74, 6) is -0.0776. The quantitative estimate of drug-likeness (QED) is 0.799. The van der Waals surface area contributed by atoms with Crippen LogP contribution in [0.1, 0.15) is 20.8 Å². The Hall–Kier alpha value is -1.81. The van der Waals surface area contributed by atoms with E-state index in [0.717, 1.165) is 21.7 Å². The molecule has 3 N–H and O–H groups in total. The first kappa shape index (κ1) is 11.7. The van der Waals surface area contributed by atoms with Crippen LogP contribution in [0.3, 0.4) is 0 Å². The standard InChI is InChI=1S/C13H14N2OS/c1-8-6-7-17-12(8)13(16)15-11-5-3-4-10(14)9(11)2/h3-7H,14H2,1-2H3,(H,15,16). The molecule has 2 rings (SSSR count). The topological polar surface area (TPSA) is 55.1 Å². The number of hydrogen-bond acceptors (Lipinski definition) is 3. The summed E-state index contributed by atoms with van der Waals surface area (Å²) in [7, 11) is 0. The number of anilines is 2. The third kappa shape index (κ3) is 2.31. The van der Waals surface area contributed by atoms with E-state index < -0.39 is 0 Å². The van der Waals surface area contributed by atoms with Crippen LogP contribution in [0.2, 0.25) is 0 Å². The lowest BCUT2D eigenvalue weighted by Gasteiger charge is -2.09. The van der Waals surface area contributed by atoms with Crippen LogP contribution in [0.5, 0.6) is 0 Å². The van der Waals surface area contributed by atoms with Gasteiger partial charge in [0.05, 0.1) is 4.88 Å². The van der Waals surface area contributed by atoms with Crippen LogP contribution in [0.15, 0.2) is 29.6 Å². The summed E-state index contributed by atoms with van der Waals surface area (Å²) < 4.78 is 0. The first-order valence-corrected chi connectivity index (χ1v) is 6.18. The van der Waals surface area contributed by atoms with Crippen LogP contribution in [-0.2, 0) is 0 Å². The molecule has 0 aliphatic carbocycles. The Balaban J connectivity index is 2.25. The molecule has 0 spiro atoms. The van der Waals surface area contributed by atoms with Gasteiger partial charge >= 0.3 is 0 Å². The predicted octanol–water partition coefficient (Wildman–Crippen LogP) is 3.20. The van der Waals surface area contributed by atoms with E-state index in [2.05, 4.69) is 5.32 Å². The van der Waals surface area contributed by atoms with Gasteiger partial charge in [-0.2, -0.15) is 0 Å². The van der Waals surface area contributed by atoms with Gasteiger partial charge in [-0.05, 0) is 48.6 Å². The number of thiophene rings is 1. The Morgan fingerprint density at radius 3 is 2.71 bits per heavy atom. The summed E-state index contributed by atoms with van der Waals surface area (Å²) in [5, 5.41) is 4.80. The number of aryl methyl sites for hydroxylation is 1. The molecular formula is C13H14N2OS. The van der Waals surface area contributed by atoms with E-state index in [1.165, 1.54) is 11.3 Å². The predicted molar refractivity (Wildman–Crippen MR) is 72.6 cm³/mol. The molecule has 0 aliphatic heterocycles. The van der Waals surface area contributed by atoms with E-state index >= 15 is 0 Å². The van der Waals surface area contributed by atoms with Gasteiger partial charge in [0.2, 0.25) is 0 Å². The van der Waals surface area contributed by atoms with Crippen molar-refractivity contribution in [2.24, 2.45) is 0 Å². The summed E-state index contributed by atoms with van der Waals surface area (Å²) in [6.07, 6.45) is 0. The van der Waals surface area contributed by atoms with E-state index in [0.29, 0.717) is 5.69 Å². The van der Waals surface area contributed by atoms with Gasteiger partial charge in [0.25, 0.3) is 5.91 Å². The lowest BCUT2D eigenvalue weighted by Crippen LogP contribution is -2.12. The van der Waals surface area contributed by atoms with Crippen LogP contribution in [0.4, 0.5) is 11.4 Å². The molecule has 0 fully saturated rings. The fourth-order valence-electron chi connectivity index (χ4n) is 1.57. The lowest BCUT2D eigenvalue weighted by molar-refractivity contribution is 0.103. The molecule has 2 aromatic rings. The number of rotatable bonds is 2. The number of amides is 1. The monoisotopic (exact) mass is 246 g/mol. The highest BCUT2D eigenvalue weighted by Gasteiger charge is 2.12. The molecule has 0 radical (unpaired) electrons. The summed E-state index contributed by atoms with van der Waals surface area (Å²) in [5.41, 5.74) is 9.14. The highest BCUT2D eigenvalue weighted by Crippen LogP contribution is 2.23. The number of benzene rings is 1. The van der Waals surface area contributed by atoms with Crippen LogP contribution < -0.4 is 11.1 Å². The summed E-state index contributed by atoms with van der Waals surface area (Å²) in [4.78, 5) is 12.8. The average molecular weight is 246 g/mol. The number of nitrogen functional groups attached to an aromatic ring is 1. The summed E-state index contributed by atoms with van der Waals surface area (Å²) in [6.45, 7) is 3.82. The van der Waals surface area contributed by atoms with Gasteiger partial charge in [-0.1, -0.05) is 6.07 Å². The van der Waals surface area contributed by atoms with Gasteiger partial charge in [0.15, 0.2) is 0 Å². The molecule has 1 amide bonds. The van der Waals surface area contributed by atoms with Gasteiger partial charge < -0.3 is 11.1 Å². The van der Waals surface area contributed by atoms with Crippen LogP contribution >= 0.6 is 11.3 Å². The molecular weight excluding hydrogens is 232 g/mol.